The van der Waals surface area contributed by atoms with Gasteiger partial charge in [-0.3, -0.25) is 9.59 Å². The number of hydrogen-bond acceptors (Lipinski definition) is 5. The second-order valence-corrected chi connectivity index (χ2v) is 5.85. The third-order valence-corrected chi connectivity index (χ3v) is 4.14. The Morgan fingerprint density at radius 3 is 2.59 bits per heavy atom. The molecule has 120 valence electrons. The molecule has 2 heterocycles. The zero-order valence-electron chi connectivity index (χ0n) is 11.9. The summed E-state index contributed by atoms with van der Waals surface area (Å²) in [6, 6.07) is 3.56. The number of hydrogen-bond donors (Lipinski definition) is 3. The van der Waals surface area contributed by atoms with E-state index in [1.807, 2.05) is 11.4 Å². The van der Waals surface area contributed by atoms with Crippen molar-refractivity contribution in [1.29, 1.82) is 0 Å². The number of carbonyl (C=O) groups excluding carboxylic acids is 2. The van der Waals surface area contributed by atoms with Crippen LogP contribution in [0.4, 0.5) is 0 Å². The minimum Gasteiger partial charge on any atom is -0.479 e. The number of carboxylic acid groups (broad SMARTS) is 1. The molecule has 1 fully saturated rings. The van der Waals surface area contributed by atoms with Gasteiger partial charge in [-0.1, -0.05) is 6.07 Å². The van der Waals surface area contributed by atoms with Crippen LogP contribution in [0.1, 0.15) is 28.9 Å². The number of nitrogens with one attached hydrogen (secondary N) is 2. The largest absolute Gasteiger partial charge is 0.479 e. The molecule has 0 saturated carbocycles. The summed E-state index contributed by atoms with van der Waals surface area (Å²) in [7, 11) is 0. The fourth-order valence-electron chi connectivity index (χ4n) is 2.12. The van der Waals surface area contributed by atoms with Crippen molar-refractivity contribution >= 4 is 29.1 Å². The highest BCUT2D eigenvalue weighted by molar-refractivity contribution is 7.12. The molecule has 3 N–H and O–H groups in total. The maximum absolute atomic E-state index is 11.8. The van der Waals surface area contributed by atoms with Gasteiger partial charge in [0.05, 0.1) is 4.88 Å². The number of rotatable bonds is 7. The Kier molecular flexibility index (Phi) is 5.91. The molecule has 2 amide bonds. The number of ether oxygens (including phenoxy) is 1. The van der Waals surface area contributed by atoms with Gasteiger partial charge in [0.25, 0.3) is 5.91 Å². The molecule has 1 aromatic heterocycles. The van der Waals surface area contributed by atoms with E-state index < -0.39 is 18.2 Å². The van der Waals surface area contributed by atoms with Crippen molar-refractivity contribution in [3.8, 4) is 0 Å². The first-order chi connectivity index (χ1) is 10.6. The summed E-state index contributed by atoms with van der Waals surface area (Å²) in [5.74, 6) is -1.45. The summed E-state index contributed by atoms with van der Waals surface area (Å²) in [6.07, 6.45) is -0.220. The molecule has 0 unspecified atom stereocenters. The van der Waals surface area contributed by atoms with Crippen molar-refractivity contribution in [2.75, 3.05) is 13.1 Å². The van der Waals surface area contributed by atoms with Crippen molar-refractivity contribution in [1.82, 2.24) is 10.6 Å². The van der Waals surface area contributed by atoms with Gasteiger partial charge in [0.15, 0.2) is 6.10 Å². The Balaban J connectivity index is 1.58. The zero-order chi connectivity index (χ0) is 15.9. The third kappa shape index (κ3) is 4.54. The molecule has 0 bridgehead atoms. The molecule has 0 aliphatic carbocycles. The number of carbonyl (C=O) groups is 3. The minimum atomic E-state index is -1.04. The molecule has 0 spiro atoms. The van der Waals surface area contributed by atoms with Crippen LogP contribution in [0.5, 0.6) is 0 Å². The molecule has 1 aliphatic rings. The van der Waals surface area contributed by atoms with Crippen LogP contribution in [0.2, 0.25) is 0 Å². The molecule has 1 aliphatic heterocycles. The van der Waals surface area contributed by atoms with Crippen molar-refractivity contribution < 1.29 is 24.2 Å². The Labute approximate surface area is 131 Å². The van der Waals surface area contributed by atoms with Crippen LogP contribution < -0.4 is 10.6 Å². The topological polar surface area (TPSA) is 105 Å². The van der Waals surface area contributed by atoms with Crippen molar-refractivity contribution in [3.05, 3.63) is 22.4 Å². The van der Waals surface area contributed by atoms with Gasteiger partial charge in [0.2, 0.25) is 5.91 Å². The van der Waals surface area contributed by atoms with Gasteiger partial charge >= 0.3 is 5.97 Å². The Morgan fingerprint density at radius 2 is 1.95 bits per heavy atom. The summed E-state index contributed by atoms with van der Waals surface area (Å²) in [4.78, 5) is 34.8. The van der Waals surface area contributed by atoms with E-state index in [4.69, 9.17) is 9.84 Å². The van der Waals surface area contributed by atoms with Crippen LogP contribution >= 0.6 is 11.3 Å². The number of aliphatic carboxylic acids is 1. The highest BCUT2D eigenvalue weighted by atomic mass is 32.1. The van der Waals surface area contributed by atoms with E-state index >= 15 is 0 Å². The van der Waals surface area contributed by atoms with Crippen LogP contribution in [-0.2, 0) is 14.3 Å². The first-order valence-electron chi connectivity index (χ1n) is 7.05. The second-order valence-electron chi connectivity index (χ2n) is 4.91. The van der Waals surface area contributed by atoms with E-state index in [0.29, 0.717) is 37.2 Å². The summed E-state index contributed by atoms with van der Waals surface area (Å²) in [5, 5.41) is 16.1. The van der Waals surface area contributed by atoms with Crippen LogP contribution in [0.15, 0.2) is 17.5 Å². The van der Waals surface area contributed by atoms with Crippen molar-refractivity contribution in [2.45, 2.75) is 31.5 Å². The lowest BCUT2D eigenvalue weighted by molar-refractivity contribution is -0.151. The minimum absolute atomic E-state index is 0.121. The smallest absolute Gasteiger partial charge is 0.332 e. The number of thiophene rings is 1. The molecule has 0 radical (unpaired) electrons. The Morgan fingerprint density at radius 1 is 1.23 bits per heavy atom. The SMILES string of the molecule is O=C(NCCCNC(=O)[C@@H]1CC[C@H](C(=O)O)O1)c1cccs1. The second kappa shape index (κ2) is 7.90. The Hall–Kier alpha value is -1.93. The van der Waals surface area contributed by atoms with Crippen LogP contribution in [0, 0.1) is 0 Å². The summed E-state index contributed by atoms with van der Waals surface area (Å²) < 4.78 is 5.15. The van der Waals surface area contributed by atoms with Gasteiger partial charge in [-0.15, -0.1) is 11.3 Å². The fourth-order valence-corrected chi connectivity index (χ4v) is 2.76. The molecule has 1 aromatic rings. The summed E-state index contributed by atoms with van der Waals surface area (Å²) in [5.41, 5.74) is 0. The molecule has 2 atom stereocenters. The molecule has 1 saturated heterocycles. The van der Waals surface area contributed by atoms with Crippen molar-refractivity contribution in [2.24, 2.45) is 0 Å². The van der Waals surface area contributed by atoms with E-state index in [0.717, 1.165) is 0 Å². The molecule has 22 heavy (non-hydrogen) atoms. The monoisotopic (exact) mass is 326 g/mol. The van der Waals surface area contributed by atoms with Crippen LogP contribution in [0.3, 0.4) is 0 Å². The number of carboxylic acids is 1. The molecular weight excluding hydrogens is 308 g/mol. The van der Waals surface area contributed by atoms with E-state index in [2.05, 4.69) is 10.6 Å². The molecular formula is C14H18N2O5S. The predicted octanol–water partition coefficient (Wildman–Crippen LogP) is 0.616. The van der Waals surface area contributed by atoms with E-state index in [9.17, 15) is 14.4 Å². The third-order valence-electron chi connectivity index (χ3n) is 3.27. The fraction of sp³-hybridized carbons (Fsp3) is 0.500. The van der Waals surface area contributed by atoms with Gasteiger partial charge in [0.1, 0.15) is 6.10 Å². The average molecular weight is 326 g/mol. The average Bonchev–Trinajstić information content (AvgIpc) is 3.17. The summed E-state index contributed by atoms with van der Waals surface area (Å²) in [6.45, 7) is 0.863. The quantitative estimate of drug-likeness (QED) is 0.637. The van der Waals surface area contributed by atoms with Crippen molar-refractivity contribution in [3.63, 3.8) is 0 Å². The van der Waals surface area contributed by atoms with Gasteiger partial charge in [-0.25, -0.2) is 4.79 Å². The van der Waals surface area contributed by atoms with Gasteiger partial charge < -0.3 is 20.5 Å². The van der Waals surface area contributed by atoms with Gasteiger partial charge in [-0.2, -0.15) is 0 Å². The highest BCUT2D eigenvalue weighted by Crippen LogP contribution is 2.19. The molecule has 2 rings (SSSR count). The standard InChI is InChI=1S/C14H18N2O5S/c17-12(9-4-5-10(21-9)14(19)20)15-6-2-7-16-13(18)11-3-1-8-22-11/h1,3,8-10H,2,4-7H2,(H,15,17)(H,16,18)(H,19,20)/t9-,10+/m0/s1. The molecule has 0 aromatic carbocycles. The summed E-state index contributed by atoms with van der Waals surface area (Å²) >= 11 is 1.37. The lowest BCUT2D eigenvalue weighted by Gasteiger charge is -2.11. The number of amides is 2. The first kappa shape index (κ1) is 16.4. The lowest BCUT2D eigenvalue weighted by Crippen LogP contribution is -2.37. The highest BCUT2D eigenvalue weighted by Gasteiger charge is 2.34. The van der Waals surface area contributed by atoms with E-state index in [-0.39, 0.29) is 11.8 Å². The van der Waals surface area contributed by atoms with E-state index in [1.54, 1.807) is 6.07 Å². The molecule has 7 nitrogen and oxygen atoms in total. The van der Waals surface area contributed by atoms with Gasteiger partial charge in [0, 0.05) is 13.1 Å². The molecule has 8 heteroatoms. The predicted molar refractivity (Wildman–Crippen MR) is 79.8 cm³/mol. The van der Waals surface area contributed by atoms with Gasteiger partial charge in [-0.05, 0) is 30.7 Å². The zero-order valence-corrected chi connectivity index (χ0v) is 12.7. The van der Waals surface area contributed by atoms with Crippen LogP contribution in [-0.4, -0.2) is 48.2 Å². The Bertz CT molecular complexity index is 531. The maximum Gasteiger partial charge on any atom is 0.332 e. The first-order valence-corrected chi connectivity index (χ1v) is 7.93. The lowest BCUT2D eigenvalue weighted by atomic mass is 10.2. The van der Waals surface area contributed by atoms with E-state index in [1.165, 1.54) is 11.3 Å². The van der Waals surface area contributed by atoms with Crippen LogP contribution in [0.25, 0.3) is 0 Å². The normalized spacial score (nSPS) is 20.5. The maximum atomic E-state index is 11.8.